The van der Waals surface area contributed by atoms with E-state index in [1.54, 1.807) is 13.2 Å². The summed E-state index contributed by atoms with van der Waals surface area (Å²) < 4.78 is 48.0. The van der Waals surface area contributed by atoms with Gasteiger partial charge in [0.05, 0.1) is 36.0 Å². The van der Waals surface area contributed by atoms with Gasteiger partial charge in [0.25, 0.3) is 17.4 Å². The predicted molar refractivity (Wildman–Crippen MR) is 148 cm³/mol. The molecule has 1 aliphatic carbocycles. The summed E-state index contributed by atoms with van der Waals surface area (Å²) in [5, 5.41) is 3.28. The largest absolute Gasteiger partial charge is 0.380 e. The number of benzene rings is 2. The van der Waals surface area contributed by atoms with E-state index in [0.717, 1.165) is 35.1 Å². The van der Waals surface area contributed by atoms with Crippen molar-refractivity contribution in [2.45, 2.75) is 44.3 Å². The van der Waals surface area contributed by atoms with E-state index in [-0.39, 0.29) is 17.2 Å². The van der Waals surface area contributed by atoms with Gasteiger partial charge in [0.1, 0.15) is 17.7 Å². The molecule has 2 fully saturated rings. The van der Waals surface area contributed by atoms with Crippen molar-refractivity contribution >= 4 is 16.9 Å². The smallest absolute Gasteiger partial charge is 0.282 e. The Labute approximate surface area is 234 Å². The maximum absolute atomic E-state index is 14.3. The quantitative estimate of drug-likeness (QED) is 0.309. The molecular formula is C30H30F3N5O3. The van der Waals surface area contributed by atoms with Crippen LogP contribution in [0.4, 0.5) is 13.2 Å². The lowest BCUT2D eigenvalue weighted by Gasteiger charge is -2.39. The first kappa shape index (κ1) is 27.2. The van der Waals surface area contributed by atoms with Crippen LogP contribution in [0.25, 0.3) is 27.8 Å². The molecule has 1 saturated heterocycles. The predicted octanol–water partition coefficient (Wildman–Crippen LogP) is 4.61. The van der Waals surface area contributed by atoms with E-state index in [0.29, 0.717) is 46.9 Å². The zero-order valence-electron chi connectivity index (χ0n) is 22.7. The van der Waals surface area contributed by atoms with Crippen LogP contribution in [0.1, 0.15) is 47.3 Å². The molecule has 1 aliphatic heterocycles. The minimum absolute atomic E-state index is 0.00428. The van der Waals surface area contributed by atoms with Crippen LogP contribution in [0, 0.1) is 5.82 Å². The van der Waals surface area contributed by atoms with Gasteiger partial charge in [-0.25, -0.2) is 18.2 Å². The molecule has 0 unspecified atom stereocenters. The summed E-state index contributed by atoms with van der Waals surface area (Å²) in [4.78, 5) is 35.4. The number of halogens is 3. The molecule has 6 rings (SSSR count). The Balaban J connectivity index is 1.38. The summed E-state index contributed by atoms with van der Waals surface area (Å²) in [5.74, 6) is -3.93. The van der Waals surface area contributed by atoms with Gasteiger partial charge in [0, 0.05) is 25.9 Å². The Bertz CT molecular complexity index is 1690. The molecule has 214 valence electrons. The van der Waals surface area contributed by atoms with Crippen molar-refractivity contribution in [1.82, 2.24) is 24.8 Å². The Hall–Kier alpha value is -3.96. The minimum atomic E-state index is -2.94. The summed E-state index contributed by atoms with van der Waals surface area (Å²) in [7, 11) is 1.65. The average molecular weight is 566 g/mol. The van der Waals surface area contributed by atoms with Crippen LogP contribution < -0.4 is 10.9 Å². The molecule has 0 spiro atoms. The number of methoxy groups -OCH3 is 1. The standard InChI is InChI=1S/C30H30F3N5O3/c1-17(41-2)12-34-13-22-11-26-27(36-22)29(40)38(16-35-26)23-8-19(18-3-4-18)7-20(9-23)24-6-5-21(31)10-25(24)28(39)37-14-30(32,33)15-37/h5-11,16-18,34,36H,3-4,12-15H2,1-2H3/t17-/m0/s1. The average Bonchev–Trinajstić information content (AvgIpc) is 3.70. The highest BCUT2D eigenvalue weighted by Crippen LogP contribution is 2.42. The number of nitrogens with one attached hydrogen (secondary N) is 2. The number of alkyl halides is 2. The molecule has 2 aromatic carbocycles. The topological polar surface area (TPSA) is 92.2 Å². The minimum Gasteiger partial charge on any atom is -0.380 e. The van der Waals surface area contributed by atoms with E-state index < -0.39 is 30.7 Å². The van der Waals surface area contributed by atoms with E-state index in [2.05, 4.69) is 15.3 Å². The van der Waals surface area contributed by atoms with Gasteiger partial charge in [0.2, 0.25) is 0 Å². The second-order valence-corrected chi connectivity index (χ2v) is 10.9. The number of aromatic amines is 1. The summed E-state index contributed by atoms with van der Waals surface area (Å²) >= 11 is 0. The number of hydrogen-bond donors (Lipinski definition) is 2. The summed E-state index contributed by atoms with van der Waals surface area (Å²) in [6.07, 6.45) is 3.49. The fourth-order valence-electron chi connectivity index (χ4n) is 5.18. The number of rotatable bonds is 9. The number of amides is 1. The maximum Gasteiger partial charge on any atom is 0.282 e. The van der Waals surface area contributed by atoms with Crippen molar-refractivity contribution in [3.8, 4) is 16.8 Å². The Morgan fingerprint density at radius 1 is 1.20 bits per heavy atom. The van der Waals surface area contributed by atoms with Crippen molar-refractivity contribution in [2.24, 2.45) is 0 Å². The second kappa shape index (κ2) is 10.5. The SMILES string of the molecule is CO[C@@H](C)CNCc1cc2ncn(-c3cc(-c4ccc(F)cc4C(=O)N4CC(F)(F)C4)cc(C4CC4)c3)c(=O)c2[nH]1. The number of H-pyrrole nitrogens is 1. The zero-order chi connectivity index (χ0) is 28.9. The molecule has 1 saturated carbocycles. The summed E-state index contributed by atoms with van der Waals surface area (Å²) in [6.45, 7) is 1.71. The van der Waals surface area contributed by atoms with Crippen molar-refractivity contribution in [1.29, 1.82) is 0 Å². The highest BCUT2D eigenvalue weighted by molar-refractivity contribution is 6.01. The maximum atomic E-state index is 14.3. The fourth-order valence-corrected chi connectivity index (χ4v) is 5.18. The Morgan fingerprint density at radius 3 is 2.68 bits per heavy atom. The van der Waals surface area contributed by atoms with Crippen LogP contribution in [0.15, 0.2) is 53.6 Å². The number of aromatic nitrogens is 3. The second-order valence-electron chi connectivity index (χ2n) is 10.9. The van der Waals surface area contributed by atoms with E-state index in [1.807, 2.05) is 25.1 Å². The van der Waals surface area contributed by atoms with E-state index in [9.17, 15) is 22.8 Å². The van der Waals surface area contributed by atoms with Crippen molar-refractivity contribution < 1.29 is 22.7 Å². The third kappa shape index (κ3) is 5.51. The van der Waals surface area contributed by atoms with Crippen LogP contribution in [0.3, 0.4) is 0 Å². The van der Waals surface area contributed by atoms with Gasteiger partial charge in [-0.05, 0) is 72.7 Å². The van der Waals surface area contributed by atoms with E-state index >= 15 is 0 Å². The van der Waals surface area contributed by atoms with Gasteiger partial charge in [-0.1, -0.05) is 12.1 Å². The number of carbonyl (C=O) groups excluding carboxylic acids is 1. The van der Waals surface area contributed by atoms with Crippen LogP contribution in [0.2, 0.25) is 0 Å². The molecule has 2 aromatic heterocycles. The number of ether oxygens (including phenoxy) is 1. The number of likely N-dealkylation sites (tertiary alicyclic amines) is 1. The van der Waals surface area contributed by atoms with Crippen molar-refractivity contribution in [3.05, 3.63) is 81.8 Å². The van der Waals surface area contributed by atoms with Crippen LogP contribution >= 0.6 is 0 Å². The number of carbonyl (C=O) groups is 1. The van der Waals surface area contributed by atoms with Crippen LogP contribution in [0.5, 0.6) is 0 Å². The summed E-state index contributed by atoms with van der Waals surface area (Å²) in [5.41, 5.74) is 3.96. The molecule has 0 radical (unpaired) electrons. The van der Waals surface area contributed by atoms with Gasteiger partial charge >= 0.3 is 0 Å². The molecule has 1 amide bonds. The molecule has 4 aromatic rings. The van der Waals surface area contributed by atoms with E-state index in [4.69, 9.17) is 4.74 Å². The normalized spacial score (nSPS) is 17.0. The lowest BCUT2D eigenvalue weighted by Crippen LogP contribution is -2.58. The fraction of sp³-hybridized carbons (Fsp3) is 0.367. The summed E-state index contributed by atoms with van der Waals surface area (Å²) in [6, 6.07) is 11.2. The Kier molecular flexibility index (Phi) is 6.95. The monoisotopic (exact) mass is 565 g/mol. The van der Waals surface area contributed by atoms with Gasteiger partial charge in [0.15, 0.2) is 0 Å². The lowest BCUT2D eigenvalue weighted by atomic mass is 9.94. The van der Waals surface area contributed by atoms with Gasteiger partial charge in [-0.3, -0.25) is 14.2 Å². The number of fused-ring (bicyclic) bond motifs is 1. The molecule has 3 heterocycles. The number of nitrogens with zero attached hydrogens (tertiary/aromatic N) is 3. The lowest BCUT2D eigenvalue weighted by molar-refractivity contribution is -0.113. The third-order valence-corrected chi connectivity index (χ3v) is 7.67. The highest BCUT2D eigenvalue weighted by atomic mass is 19.3. The van der Waals surface area contributed by atoms with Crippen molar-refractivity contribution in [3.63, 3.8) is 0 Å². The zero-order valence-corrected chi connectivity index (χ0v) is 22.7. The van der Waals surface area contributed by atoms with Gasteiger partial charge in [-0.2, -0.15) is 0 Å². The molecule has 41 heavy (non-hydrogen) atoms. The van der Waals surface area contributed by atoms with E-state index in [1.165, 1.54) is 23.0 Å². The molecular weight excluding hydrogens is 535 g/mol. The molecule has 2 N–H and O–H groups in total. The van der Waals surface area contributed by atoms with Gasteiger partial charge < -0.3 is 19.9 Å². The first-order valence-corrected chi connectivity index (χ1v) is 13.6. The third-order valence-electron chi connectivity index (χ3n) is 7.67. The van der Waals surface area contributed by atoms with Gasteiger partial charge in [-0.15, -0.1) is 0 Å². The highest BCUT2D eigenvalue weighted by Gasteiger charge is 2.46. The number of hydrogen-bond acceptors (Lipinski definition) is 5. The first-order chi connectivity index (χ1) is 19.6. The molecule has 11 heteroatoms. The first-order valence-electron chi connectivity index (χ1n) is 13.6. The Morgan fingerprint density at radius 2 is 1.98 bits per heavy atom. The van der Waals surface area contributed by atoms with Crippen LogP contribution in [-0.2, 0) is 11.3 Å². The van der Waals surface area contributed by atoms with Crippen LogP contribution in [-0.4, -0.2) is 64.1 Å². The van der Waals surface area contributed by atoms with Crippen molar-refractivity contribution in [2.75, 3.05) is 26.7 Å². The molecule has 8 nitrogen and oxygen atoms in total. The molecule has 1 atom stereocenters. The molecule has 2 aliphatic rings. The molecule has 0 bridgehead atoms.